The normalized spacial score (nSPS) is 26.7. The molecule has 7 heteroatoms. The summed E-state index contributed by atoms with van der Waals surface area (Å²) in [5.41, 5.74) is 3.30. The number of benzene rings is 1. The SMILES string of the molecule is O=C(NC1CCCC1)N1CCCCN2[C@@H](CO)[C@H](c3ccc(-c4cncnc4)cc3)[C@@H]2C1. The molecule has 1 saturated carbocycles. The average molecular weight is 436 g/mol. The molecule has 170 valence electrons. The molecule has 3 aliphatic rings. The maximum absolute atomic E-state index is 13.0. The Morgan fingerprint density at radius 3 is 2.44 bits per heavy atom. The molecule has 3 heterocycles. The predicted molar refractivity (Wildman–Crippen MR) is 123 cm³/mol. The number of nitrogens with one attached hydrogen (secondary N) is 1. The lowest BCUT2D eigenvalue weighted by atomic mass is 9.74. The van der Waals surface area contributed by atoms with Crippen LogP contribution in [0.25, 0.3) is 11.1 Å². The van der Waals surface area contributed by atoms with Crippen molar-refractivity contribution < 1.29 is 9.90 Å². The molecule has 0 radical (unpaired) electrons. The number of hydrogen-bond donors (Lipinski definition) is 2. The van der Waals surface area contributed by atoms with Crippen LogP contribution in [0.4, 0.5) is 4.79 Å². The number of fused-ring (bicyclic) bond motifs is 1. The zero-order chi connectivity index (χ0) is 21.9. The fourth-order valence-electron chi connectivity index (χ4n) is 5.81. The van der Waals surface area contributed by atoms with Crippen molar-refractivity contribution in [3.05, 3.63) is 48.5 Å². The molecule has 1 aliphatic carbocycles. The minimum absolute atomic E-state index is 0.0874. The zero-order valence-electron chi connectivity index (χ0n) is 18.6. The van der Waals surface area contributed by atoms with Gasteiger partial charge in [-0.1, -0.05) is 37.1 Å². The Labute approximate surface area is 189 Å². The van der Waals surface area contributed by atoms with Gasteiger partial charge in [0.15, 0.2) is 0 Å². The molecule has 2 saturated heterocycles. The minimum Gasteiger partial charge on any atom is -0.395 e. The fourth-order valence-corrected chi connectivity index (χ4v) is 5.81. The van der Waals surface area contributed by atoms with Crippen molar-refractivity contribution in [1.29, 1.82) is 0 Å². The van der Waals surface area contributed by atoms with E-state index in [1.54, 1.807) is 0 Å². The van der Waals surface area contributed by atoms with Gasteiger partial charge in [0, 0.05) is 55.1 Å². The third-order valence-electron chi connectivity index (χ3n) is 7.53. The third kappa shape index (κ3) is 4.24. The van der Waals surface area contributed by atoms with Gasteiger partial charge in [0.1, 0.15) is 6.33 Å². The first kappa shape index (κ1) is 21.3. The molecule has 7 nitrogen and oxygen atoms in total. The molecule has 0 bridgehead atoms. The average Bonchev–Trinajstić information content (AvgIpc) is 3.32. The van der Waals surface area contributed by atoms with Crippen molar-refractivity contribution in [3.63, 3.8) is 0 Å². The van der Waals surface area contributed by atoms with Crippen LogP contribution in [0, 0.1) is 0 Å². The van der Waals surface area contributed by atoms with Gasteiger partial charge >= 0.3 is 6.03 Å². The molecule has 3 atom stereocenters. The van der Waals surface area contributed by atoms with Gasteiger partial charge in [-0.15, -0.1) is 0 Å². The molecule has 2 amide bonds. The predicted octanol–water partition coefficient (Wildman–Crippen LogP) is 3.02. The number of aliphatic hydroxyl groups excluding tert-OH is 1. The largest absolute Gasteiger partial charge is 0.395 e. The second-order valence-electron chi connectivity index (χ2n) is 9.41. The lowest BCUT2D eigenvalue weighted by Gasteiger charge is -2.57. The van der Waals surface area contributed by atoms with Crippen molar-refractivity contribution in [1.82, 2.24) is 25.1 Å². The van der Waals surface area contributed by atoms with E-state index in [1.807, 2.05) is 17.3 Å². The number of hydrogen-bond acceptors (Lipinski definition) is 5. The van der Waals surface area contributed by atoms with Crippen LogP contribution < -0.4 is 5.32 Å². The van der Waals surface area contributed by atoms with Crippen LogP contribution in [0.3, 0.4) is 0 Å². The fraction of sp³-hybridized carbons (Fsp3) is 0.560. The monoisotopic (exact) mass is 435 g/mol. The van der Waals surface area contributed by atoms with E-state index in [0.717, 1.165) is 49.9 Å². The molecule has 1 aromatic heterocycles. The second-order valence-corrected chi connectivity index (χ2v) is 9.41. The highest BCUT2D eigenvalue weighted by molar-refractivity contribution is 5.74. The summed E-state index contributed by atoms with van der Waals surface area (Å²) in [5.74, 6) is 0.223. The van der Waals surface area contributed by atoms with Gasteiger partial charge in [-0.3, -0.25) is 4.90 Å². The molecular formula is C25H33N5O2. The summed E-state index contributed by atoms with van der Waals surface area (Å²) in [4.78, 5) is 25.7. The lowest BCUT2D eigenvalue weighted by molar-refractivity contribution is -0.0591. The third-order valence-corrected chi connectivity index (χ3v) is 7.53. The quantitative estimate of drug-likeness (QED) is 0.772. The minimum atomic E-state index is 0.0874. The smallest absolute Gasteiger partial charge is 0.317 e. The van der Waals surface area contributed by atoms with E-state index in [1.165, 1.54) is 24.7 Å². The van der Waals surface area contributed by atoms with E-state index in [-0.39, 0.29) is 30.6 Å². The Kier molecular flexibility index (Phi) is 6.37. The summed E-state index contributed by atoms with van der Waals surface area (Å²) in [6, 6.07) is 9.32. The first-order valence-corrected chi connectivity index (χ1v) is 12.0. The number of carbonyl (C=O) groups excluding carboxylic acids is 1. The number of amides is 2. The van der Waals surface area contributed by atoms with Gasteiger partial charge < -0.3 is 15.3 Å². The number of rotatable bonds is 4. The van der Waals surface area contributed by atoms with Crippen molar-refractivity contribution in [2.45, 2.75) is 62.6 Å². The Morgan fingerprint density at radius 2 is 1.72 bits per heavy atom. The van der Waals surface area contributed by atoms with E-state index >= 15 is 0 Å². The number of carbonyl (C=O) groups is 1. The molecule has 0 unspecified atom stereocenters. The van der Waals surface area contributed by atoms with Gasteiger partial charge in [-0.05, 0) is 43.4 Å². The molecule has 5 rings (SSSR count). The summed E-state index contributed by atoms with van der Waals surface area (Å²) < 4.78 is 0. The van der Waals surface area contributed by atoms with Gasteiger partial charge in [-0.2, -0.15) is 0 Å². The van der Waals surface area contributed by atoms with E-state index in [4.69, 9.17) is 0 Å². The van der Waals surface area contributed by atoms with Crippen molar-refractivity contribution in [2.24, 2.45) is 0 Å². The number of aromatic nitrogens is 2. The standard InChI is InChI=1S/C25H33N5O2/c31-16-23-24(19-9-7-18(8-10-19)20-13-26-17-27-14-20)22-15-29(11-3-4-12-30(22)23)25(32)28-21-5-1-2-6-21/h7-10,13-14,17,21-24,31H,1-6,11-12,15-16H2,(H,28,32)/t22-,23-,24+/m0/s1. The number of nitrogens with zero attached hydrogens (tertiary/aromatic N) is 4. The van der Waals surface area contributed by atoms with Gasteiger partial charge in [0.2, 0.25) is 0 Å². The van der Waals surface area contributed by atoms with E-state index in [0.29, 0.717) is 12.6 Å². The van der Waals surface area contributed by atoms with Crippen LogP contribution in [0.1, 0.15) is 50.0 Å². The van der Waals surface area contributed by atoms with Gasteiger partial charge in [-0.25, -0.2) is 14.8 Å². The first-order chi connectivity index (χ1) is 15.7. The topological polar surface area (TPSA) is 81.6 Å². The molecule has 0 spiro atoms. The number of urea groups is 1. The highest BCUT2D eigenvalue weighted by atomic mass is 16.3. The summed E-state index contributed by atoms with van der Waals surface area (Å²) in [6.07, 6.45) is 11.9. The number of aliphatic hydroxyl groups is 1. The Morgan fingerprint density at radius 1 is 1.00 bits per heavy atom. The first-order valence-electron chi connectivity index (χ1n) is 12.0. The maximum Gasteiger partial charge on any atom is 0.317 e. The second kappa shape index (κ2) is 9.55. The van der Waals surface area contributed by atoms with Crippen LogP contribution in [-0.4, -0.2) is 75.3 Å². The molecule has 3 fully saturated rings. The van der Waals surface area contributed by atoms with Crippen LogP contribution in [0.2, 0.25) is 0 Å². The van der Waals surface area contributed by atoms with E-state index in [2.05, 4.69) is 44.5 Å². The molecule has 2 N–H and O–H groups in total. The Bertz CT molecular complexity index is 900. The van der Waals surface area contributed by atoms with Crippen molar-refractivity contribution in [3.8, 4) is 11.1 Å². The van der Waals surface area contributed by atoms with Crippen molar-refractivity contribution in [2.75, 3.05) is 26.2 Å². The molecule has 1 aromatic carbocycles. The van der Waals surface area contributed by atoms with Crippen LogP contribution in [-0.2, 0) is 0 Å². The molecule has 2 aromatic rings. The molecule has 2 aliphatic heterocycles. The highest BCUT2D eigenvalue weighted by Crippen LogP contribution is 2.42. The van der Waals surface area contributed by atoms with Crippen LogP contribution in [0.5, 0.6) is 0 Å². The zero-order valence-corrected chi connectivity index (χ0v) is 18.6. The summed E-state index contributed by atoms with van der Waals surface area (Å²) >= 11 is 0. The van der Waals surface area contributed by atoms with E-state index in [9.17, 15) is 9.90 Å². The molecular weight excluding hydrogens is 402 g/mol. The summed E-state index contributed by atoms with van der Waals surface area (Å²) in [5, 5.41) is 13.4. The van der Waals surface area contributed by atoms with Crippen molar-refractivity contribution >= 4 is 6.03 Å². The maximum atomic E-state index is 13.0. The highest BCUT2D eigenvalue weighted by Gasteiger charge is 2.49. The summed E-state index contributed by atoms with van der Waals surface area (Å²) in [7, 11) is 0. The van der Waals surface area contributed by atoms with Gasteiger partial charge in [0.25, 0.3) is 0 Å². The van der Waals surface area contributed by atoms with Crippen LogP contribution in [0.15, 0.2) is 43.0 Å². The Balaban J connectivity index is 1.33. The summed E-state index contributed by atoms with van der Waals surface area (Å²) in [6.45, 7) is 2.66. The van der Waals surface area contributed by atoms with Crippen LogP contribution >= 0.6 is 0 Å². The molecule has 32 heavy (non-hydrogen) atoms. The lowest BCUT2D eigenvalue weighted by Crippen LogP contribution is -2.68. The Hall–Kier alpha value is -2.51. The van der Waals surface area contributed by atoms with Gasteiger partial charge in [0.05, 0.1) is 6.61 Å². The van der Waals surface area contributed by atoms with E-state index < -0.39 is 0 Å².